The third-order valence-electron chi connectivity index (χ3n) is 3.19. The van der Waals surface area contributed by atoms with Crippen LogP contribution >= 0.6 is 0 Å². The Balaban J connectivity index is 2.26. The third kappa shape index (κ3) is 4.17. The molecule has 0 radical (unpaired) electrons. The molecule has 0 bridgehead atoms. The molecule has 1 amide bonds. The summed E-state index contributed by atoms with van der Waals surface area (Å²) < 4.78 is 23.5. The van der Waals surface area contributed by atoms with Gasteiger partial charge < -0.3 is 19.6 Å². The van der Waals surface area contributed by atoms with Crippen LogP contribution in [-0.2, 0) is 14.4 Å². The van der Waals surface area contributed by atoms with E-state index in [1.165, 1.54) is 7.05 Å². The number of carbonyl (C=O) groups excluding carboxylic acids is 1. The van der Waals surface area contributed by atoms with Gasteiger partial charge in [0.2, 0.25) is 0 Å². The summed E-state index contributed by atoms with van der Waals surface area (Å²) in [5, 5.41) is 5.99. The number of rotatable bonds is 6. The summed E-state index contributed by atoms with van der Waals surface area (Å²) in [4.78, 5) is 16.3. The van der Waals surface area contributed by atoms with Gasteiger partial charge in [-0.3, -0.25) is 4.79 Å². The molecular formula is C15H19FN2O4. The number of alkyl halides is 1. The van der Waals surface area contributed by atoms with Crippen molar-refractivity contribution in [2.75, 3.05) is 20.5 Å². The van der Waals surface area contributed by atoms with Crippen molar-refractivity contribution in [3.8, 4) is 5.75 Å². The van der Waals surface area contributed by atoms with Gasteiger partial charge in [0.05, 0.1) is 12.2 Å². The van der Waals surface area contributed by atoms with Crippen LogP contribution in [0.5, 0.6) is 5.75 Å². The Morgan fingerprint density at radius 1 is 1.45 bits per heavy atom. The monoisotopic (exact) mass is 310 g/mol. The van der Waals surface area contributed by atoms with Crippen LogP contribution in [0.4, 0.5) is 4.39 Å². The number of nitrogens with zero attached hydrogens (tertiary/aromatic N) is 1. The number of benzene rings is 1. The molecular weight excluding hydrogens is 291 g/mol. The van der Waals surface area contributed by atoms with E-state index in [0.717, 1.165) is 19.3 Å². The van der Waals surface area contributed by atoms with E-state index in [9.17, 15) is 9.18 Å². The van der Waals surface area contributed by atoms with Gasteiger partial charge in [-0.1, -0.05) is 17.3 Å². The highest BCUT2D eigenvalue weighted by Gasteiger charge is 2.22. The highest BCUT2D eigenvalue weighted by atomic mass is 19.1. The van der Waals surface area contributed by atoms with E-state index >= 15 is 0 Å². The molecule has 1 heterocycles. The summed E-state index contributed by atoms with van der Waals surface area (Å²) >= 11 is 0. The molecule has 22 heavy (non-hydrogen) atoms. The zero-order valence-corrected chi connectivity index (χ0v) is 12.4. The Bertz CT molecular complexity index is 530. The van der Waals surface area contributed by atoms with Crippen LogP contribution in [0.25, 0.3) is 0 Å². The maximum absolute atomic E-state index is 12.2. The quantitative estimate of drug-likeness (QED) is 0.644. The molecule has 1 aliphatic rings. The van der Waals surface area contributed by atoms with Crippen LogP contribution in [0.1, 0.15) is 24.8 Å². The van der Waals surface area contributed by atoms with Crippen molar-refractivity contribution in [2.24, 2.45) is 5.16 Å². The SMILES string of the molecule is CNC(=O)/C(=N/OCF)c1ccccc1OC1CCCCO1. The van der Waals surface area contributed by atoms with Gasteiger partial charge >= 0.3 is 0 Å². The predicted octanol–water partition coefficient (Wildman–Crippen LogP) is 1.99. The Hall–Kier alpha value is -2.15. The Labute approximate surface area is 128 Å². The van der Waals surface area contributed by atoms with E-state index in [0.29, 0.717) is 17.9 Å². The maximum atomic E-state index is 12.2. The highest BCUT2D eigenvalue weighted by molar-refractivity contribution is 6.45. The molecule has 1 atom stereocenters. The lowest BCUT2D eigenvalue weighted by atomic mass is 10.1. The number of hydrogen-bond acceptors (Lipinski definition) is 5. The molecule has 120 valence electrons. The summed E-state index contributed by atoms with van der Waals surface area (Å²) in [7, 11) is 1.46. The minimum Gasteiger partial charge on any atom is -0.464 e. The Morgan fingerprint density at radius 3 is 2.95 bits per heavy atom. The number of amides is 1. The fourth-order valence-electron chi connectivity index (χ4n) is 2.13. The van der Waals surface area contributed by atoms with E-state index in [4.69, 9.17) is 9.47 Å². The molecule has 1 saturated heterocycles. The lowest BCUT2D eigenvalue weighted by molar-refractivity contribution is -0.114. The van der Waals surface area contributed by atoms with Gasteiger partial charge in [-0.15, -0.1) is 0 Å². The molecule has 1 aliphatic heterocycles. The lowest BCUT2D eigenvalue weighted by Gasteiger charge is -2.24. The second-order valence-electron chi connectivity index (χ2n) is 4.67. The number of ether oxygens (including phenoxy) is 2. The molecule has 0 aromatic heterocycles. The molecule has 1 fully saturated rings. The van der Waals surface area contributed by atoms with Crippen molar-refractivity contribution >= 4 is 11.6 Å². The molecule has 0 aliphatic carbocycles. The zero-order chi connectivity index (χ0) is 15.8. The zero-order valence-electron chi connectivity index (χ0n) is 12.4. The van der Waals surface area contributed by atoms with Gasteiger partial charge in [0.15, 0.2) is 12.0 Å². The third-order valence-corrected chi connectivity index (χ3v) is 3.19. The van der Waals surface area contributed by atoms with Crippen LogP contribution in [-0.4, -0.2) is 38.4 Å². The fourth-order valence-corrected chi connectivity index (χ4v) is 2.13. The maximum Gasteiger partial charge on any atom is 0.273 e. The number of hydrogen-bond donors (Lipinski definition) is 1. The number of carbonyl (C=O) groups is 1. The van der Waals surface area contributed by atoms with E-state index < -0.39 is 12.8 Å². The van der Waals surface area contributed by atoms with Gasteiger partial charge in [-0.25, -0.2) is 4.39 Å². The Kier molecular flexibility index (Phi) is 6.14. The summed E-state index contributed by atoms with van der Waals surface area (Å²) in [6, 6.07) is 6.88. The fraction of sp³-hybridized carbons (Fsp3) is 0.467. The first kappa shape index (κ1) is 16.2. The highest BCUT2D eigenvalue weighted by Crippen LogP contribution is 2.24. The standard InChI is InChI=1S/C15H19FN2O4/c1-17-15(19)14(18-21-10-16)11-6-2-3-7-12(11)22-13-8-4-5-9-20-13/h2-3,6-7,13H,4-5,8-10H2,1H3,(H,17,19)/b18-14+. The molecule has 7 heteroatoms. The average molecular weight is 310 g/mol. The van der Waals surface area contributed by atoms with Crippen LogP contribution in [0.15, 0.2) is 29.4 Å². The molecule has 0 saturated carbocycles. The number of halogens is 1. The minimum absolute atomic E-state index is 0.0495. The van der Waals surface area contributed by atoms with Crippen molar-refractivity contribution in [1.82, 2.24) is 5.32 Å². The predicted molar refractivity (Wildman–Crippen MR) is 78.3 cm³/mol. The van der Waals surface area contributed by atoms with Crippen molar-refractivity contribution in [2.45, 2.75) is 25.6 Å². The molecule has 1 unspecified atom stereocenters. The summed E-state index contributed by atoms with van der Waals surface area (Å²) in [5.74, 6) is -0.0479. The van der Waals surface area contributed by atoms with Crippen molar-refractivity contribution in [3.63, 3.8) is 0 Å². The van der Waals surface area contributed by atoms with Crippen LogP contribution < -0.4 is 10.1 Å². The van der Waals surface area contributed by atoms with E-state index in [1.807, 2.05) is 0 Å². The second kappa shape index (κ2) is 8.33. The van der Waals surface area contributed by atoms with Crippen LogP contribution in [0, 0.1) is 0 Å². The topological polar surface area (TPSA) is 69.2 Å². The summed E-state index contributed by atoms with van der Waals surface area (Å²) in [5.41, 5.74) is 0.371. The average Bonchev–Trinajstić information content (AvgIpc) is 2.57. The number of nitrogens with one attached hydrogen (secondary N) is 1. The van der Waals surface area contributed by atoms with Crippen molar-refractivity contribution < 1.29 is 23.5 Å². The molecule has 2 rings (SSSR count). The number of para-hydroxylation sites is 1. The van der Waals surface area contributed by atoms with E-state index in [-0.39, 0.29) is 12.0 Å². The smallest absolute Gasteiger partial charge is 0.273 e. The molecule has 1 aromatic carbocycles. The van der Waals surface area contributed by atoms with Gasteiger partial charge in [0, 0.05) is 13.5 Å². The molecule has 1 N–H and O–H groups in total. The van der Waals surface area contributed by atoms with Crippen LogP contribution in [0.2, 0.25) is 0 Å². The van der Waals surface area contributed by atoms with Gasteiger partial charge in [-0.2, -0.15) is 0 Å². The van der Waals surface area contributed by atoms with Gasteiger partial charge in [-0.05, 0) is 25.0 Å². The van der Waals surface area contributed by atoms with E-state index in [2.05, 4.69) is 15.3 Å². The van der Waals surface area contributed by atoms with Gasteiger partial charge in [0.1, 0.15) is 5.75 Å². The number of oxime groups is 1. The Morgan fingerprint density at radius 2 is 2.27 bits per heavy atom. The number of likely N-dealkylation sites (N-methyl/N-ethyl adjacent to an activating group) is 1. The summed E-state index contributed by atoms with van der Waals surface area (Å²) in [6.07, 6.45) is 2.45. The first-order valence-corrected chi connectivity index (χ1v) is 7.12. The molecule has 1 aromatic rings. The van der Waals surface area contributed by atoms with Gasteiger partial charge in [0.25, 0.3) is 12.8 Å². The molecule has 6 nitrogen and oxygen atoms in total. The van der Waals surface area contributed by atoms with Crippen molar-refractivity contribution in [3.05, 3.63) is 29.8 Å². The van der Waals surface area contributed by atoms with Crippen LogP contribution in [0.3, 0.4) is 0 Å². The first-order chi connectivity index (χ1) is 10.8. The normalized spacial score (nSPS) is 18.6. The first-order valence-electron chi connectivity index (χ1n) is 7.12. The lowest BCUT2D eigenvalue weighted by Crippen LogP contribution is -2.30. The van der Waals surface area contributed by atoms with Crippen molar-refractivity contribution in [1.29, 1.82) is 0 Å². The summed E-state index contributed by atoms with van der Waals surface area (Å²) in [6.45, 7) is -0.469. The minimum atomic E-state index is -1.12. The van der Waals surface area contributed by atoms with E-state index in [1.54, 1.807) is 24.3 Å². The second-order valence-corrected chi connectivity index (χ2v) is 4.67. The largest absolute Gasteiger partial charge is 0.464 e. The molecule has 0 spiro atoms.